The first-order chi connectivity index (χ1) is 14.6. The lowest BCUT2D eigenvalue weighted by atomic mass is 9.97. The summed E-state index contributed by atoms with van der Waals surface area (Å²) in [7, 11) is 0. The van der Waals surface area contributed by atoms with E-state index in [2.05, 4.69) is 0 Å². The summed E-state index contributed by atoms with van der Waals surface area (Å²) in [6, 6.07) is 9.61. The predicted octanol–water partition coefficient (Wildman–Crippen LogP) is 5.82. The Hall–Kier alpha value is -1.92. The van der Waals surface area contributed by atoms with E-state index in [0.29, 0.717) is 5.56 Å². The van der Waals surface area contributed by atoms with E-state index >= 15 is 0 Å². The van der Waals surface area contributed by atoms with Crippen LogP contribution in [0.3, 0.4) is 0 Å². The van der Waals surface area contributed by atoms with Gasteiger partial charge in [-0.2, -0.15) is 0 Å². The van der Waals surface area contributed by atoms with Crippen molar-refractivity contribution in [2.24, 2.45) is 0 Å². The molecule has 3 aromatic rings. The quantitative estimate of drug-likeness (QED) is 0.286. The number of benzene rings is 1. The van der Waals surface area contributed by atoms with Crippen molar-refractivity contribution >= 4 is 39.1 Å². The highest BCUT2D eigenvalue weighted by atomic mass is 32.2. The Morgan fingerprint density at radius 3 is 2.63 bits per heavy atom. The molecule has 0 N–H and O–H groups in total. The van der Waals surface area contributed by atoms with Crippen LogP contribution in [0.15, 0.2) is 40.3 Å². The molecule has 2 aliphatic carbocycles. The number of rotatable bonds is 5. The third kappa shape index (κ3) is 3.54. The minimum absolute atomic E-state index is 0.0818. The molecule has 5 rings (SSSR count). The van der Waals surface area contributed by atoms with Gasteiger partial charge in [0.2, 0.25) is 0 Å². The number of nitrogens with zero attached hydrogens (tertiary/aromatic N) is 2. The van der Waals surface area contributed by atoms with Gasteiger partial charge in [0.15, 0.2) is 10.9 Å². The van der Waals surface area contributed by atoms with E-state index in [0.717, 1.165) is 60.3 Å². The van der Waals surface area contributed by atoms with Crippen LogP contribution in [0.1, 0.15) is 72.3 Å². The molecule has 4 nitrogen and oxygen atoms in total. The maximum atomic E-state index is 13.7. The number of ketones is 1. The molecule has 30 heavy (non-hydrogen) atoms. The monoisotopic (exact) mass is 438 g/mol. The van der Waals surface area contributed by atoms with Crippen molar-refractivity contribution in [3.8, 4) is 0 Å². The summed E-state index contributed by atoms with van der Waals surface area (Å²) in [4.78, 5) is 33.9. The summed E-state index contributed by atoms with van der Waals surface area (Å²) < 4.78 is 1.94. The zero-order chi connectivity index (χ0) is 20.7. The van der Waals surface area contributed by atoms with Crippen LogP contribution < -0.4 is 5.56 Å². The van der Waals surface area contributed by atoms with Gasteiger partial charge in [-0.3, -0.25) is 14.2 Å². The molecule has 0 bridgehead atoms. The maximum Gasteiger partial charge on any atom is 0.263 e. The second kappa shape index (κ2) is 8.31. The molecule has 0 radical (unpaired) electrons. The average Bonchev–Trinajstić information content (AvgIpc) is 3.41. The van der Waals surface area contributed by atoms with Crippen LogP contribution >= 0.6 is 23.1 Å². The van der Waals surface area contributed by atoms with Gasteiger partial charge in [-0.25, -0.2) is 4.98 Å². The van der Waals surface area contributed by atoms with Gasteiger partial charge in [-0.05, 0) is 51.0 Å². The molecule has 1 atom stereocenters. The fraction of sp³-hybridized carbons (Fsp3) is 0.458. The third-order valence-corrected chi connectivity index (χ3v) is 8.64. The molecule has 6 heteroatoms. The number of fused-ring (bicyclic) bond motifs is 3. The molecule has 0 saturated heterocycles. The van der Waals surface area contributed by atoms with Gasteiger partial charge in [-0.15, -0.1) is 11.3 Å². The summed E-state index contributed by atoms with van der Waals surface area (Å²) >= 11 is 3.13. The SMILES string of the molecule is CC(Sc1nc2sc3c(c2c(=O)n1C1CCCC1)CCCC3)C(=O)c1ccccc1. The van der Waals surface area contributed by atoms with Crippen molar-refractivity contribution in [1.82, 2.24) is 9.55 Å². The van der Waals surface area contributed by atoms with Crippen molar-refractivity contribution in [2.45, 2.75) is 74.7 Å². The van der Waals surface area contributed by atoms with Crippen LogP contribution in [0.25, 0.3) is 10.2 Å². The second-order valence-electron chi connectivity index (χ2n) is 8.39. The molecule has 1 saturated carbocycles. The van der Waals surface area contributed by atoms with Gasteiger partial charge < -0.3 is 0 Å². The molecule has 1 aromatic carbocycles. The smallest absolute Gasteiger partial charge is 0.263 e. The van der Waals surface area contributed by atoms with Crippen LogP contribution in [0.5, 0.6) is 0 Å². The molecule has 0 spiro atoms. The largest absolute Gasteiger partial charge is 0.293 e. The number of aryl methyl sites for hydroxylation is 2. The Morgan fingerprint density at radius 1 is 1.13 bits per heavy atom. The Bertz CT molecular complexity index is 1140. The van der Waals surface area contributed by atoms with Crippen molar-refractivity contribution in [3.05, 3.63) is 56.7 Å². The van der Waals surface area contributed by atoms with Crippen molar-refractivity contribution in [1.29, 1.82) is 0 Å². The van der Waals surface area contributed by atoms with Crippen molar-refractivity contribution in [2.75, 3.05) is 0 Å². The van der Waals surface area contributed by atoms with Gasteiger partial charge in [0.25, 0.3) is 5.56 Å². The van der Waals surface area contributed by atoms with Gasteiger partial charge in [0, 0.05) is 16.5 Å². The molecule has 0 amide bonds. The zero-order valence-corrected chi connectivity index (χ0v) is 18.9. The molecular weight excluding hydrogens is 412 g/mol. The van der Waals surface area contributed by atoms with Crippen molar-refractivity contribution in [3.63, 3.8) is 0 Å². The third-order valence-electron chi connectivity index (χ3n) is 6.39. The second-order valence-corrected chi connectivity index (χ2v) is 10.8. The summed E-state index contributed by atoms with van der Waals surface area (Å²) in [5, 5.41) is 1.28. The van der Waals surface area contributed by atoms with Crippen LogP contribution in [0.4, 0.5) is 0 Å². The van der Waals surface area contributed by atoms with Gasteiger partial charge >= 0.3 is 0 Å². The van der Waals surface area contributed by atoms with Gasteiger partial charge in [-0.1, -0.05) is 54.9 Å². The lowest BCUT2D eigenvalue weighted by Gasteiger charge is -2.20. The lowest BCUT2D eigenvalue weighted by Crippen LogP contribution is -2.28. The minimum Gasteiger partial charge on any atom is -0.293 e. The fourth-order valence-electron chi connectivity index (χ4n) is 4.82. The molecule has 0 aliphatic heterocycles. The standard InChI is InChI=1S/C24H26N2O2S2/c1-15(21(27)16-9-3-2-4-10-16)29-24-25-22-20(18-13-7-8-14-19(18)30-22)23(28)26(24)17-11-5-6-12-17/h2-4,9-10,15,17H,5-8,11-14H2,1H3. The molecule has 2 aromatic heterocycles. The van der Waals surface area contributed by atoms with Crippen LogP contribution in [-0.4, -0.2) is 20.6 Å². The predicted molar refractivity (Wildman–Crippen MR) is 124 cm³/mol. The Balaban J connectivity index is 1.59. The summed E-state index contributed by atoms with van der Waals surface area (Å²) in [6.45, 7) is 1.93. The van der Waals surface area contributed by atoms with E-state index in [9.17, 15) is 9.59 Å². The van der Waals surface area contributed by atoms with Gasteiger partial charge in [0.05, 0.1) is 10.6 Å². The molecule has 2 heterocycles. The first kappa shape index (κ1) is 20.0. The first-order valence-electron chi connectivity index (χ1n) is 11.0. The number of hydrogen-bond acceptors (Lipinski definition) is 5. The number of carbonyl (C=O) groups excluding carboxylic acids is 1. The van der Waals surface area contributed by atoms with E-state index in [4.69, 9.17) is 4.98 Å². The zero-order valence-electron chi connectivity index (χ0n) is 17.2. The molecule has 2 aliphatic rings. The first-order valence-corrected chi connectivity index (χ1v) is 12.7. The van der Waals surface area contributed by atoms with E-state index in [1.54, 1.807) is 11.3 Å². The van der Waals surface area contributed by atoms with Gasteiger partial charge in [0.1, 0.15) is 4.83 Å². The van der Waals surface area contributed by atoms with Crippen molar-refractivity contribution < 1.29 is 4.79 Å². The Morgan fingerprint density at radius 2 is 1.87 bits per heavy atom. The van der Waals surface area contributed by atoms with E-state index in [1.807, 2.05) is 41.8 Å². The average molecular weight is 439 g/mol. The van der Waals surface area contributed by atoms with Crippen LogP contribution in [0, 0.1) is 0 Å². The fourth-order valence-corrected chi connectivity index (χ4v) is 7.17. The molecular formula is C24H26N2O2S2. The number of thioether (sulfide) groups is 1. The number of Topliss-reactive ketones (excluding diaryl/α,β-unsaturated/α-hetero) is 1. The van der Waals surface area contributed by atoms with E-state index in [-0.39, 0.29) is 22.6 Å². The van der Waals surface area contributed by atoms with Crippen LogP contribution in [0.2, 0.25) is 0 Å². The summed E-state index contributed by atoms with van der Waals surface area (Å²) in [6.07, 6.45) is 8.75. The van der Waals surface area contributed by atoms with E-state index < -0.39 is 0 Å². The number of carbonyl (C=O) groups is 1. The number of thiophene rings is 1. The molecule has 156 valence electrons. The highest BCUT2D eigenvalue weighted by Crippen LogP contribution is 2.38. The Kier molecular flexibility index (Phi) is 5.54. The van der Waals surface area contributed by atoms with Crippen LogP contribution in [-0.2, 0) is 12.8 Å². The minimum atomic E-state index is -0.293. The maximum absolute atomic E-state index is 13.7. The highest BCUT2D eigenvalue weighted by Gasteiger charge is 2.28. The lowest BCUT2D eigenvalue weighted by molar-refractivity contribution is 0.0994. The topological polar surface area (TPSA) is 52.0 Å². The summed E-state index contributed by atoms with van der Waals surface area (Å²) in [5.41, 5.74) is 2.07. The number of hydrogen-bond donors (Lipinski definition) is 0. The molecule has 1 fully saturated rings. The number of aromatic nitrogens is 2. The highest BCUT2D eigenvalue weighted by molar-refractivity contribution is 8.00. The Labute approximate surface area is 184 Å². The normalized spacial score (nSPS) is 17.9. The molecule has 1 unspecified atom stereocenters. The summed E-state index contributed by atoms with van der Waals surface area (Å²) in [5.74, 6) is 0.0818. The van der Waals surface area contributed by atoms with E-state index in [1.165, 1.54) is 28.6 Å².